The van der Waals surface area contributed by atoms with Crippen molar-refractivity contribution in [3.05, 3.63) is 18.2 Å². The van der Waals surface area contributed by atoms with E-state index in [1.54, 1.807) is 12.4 Å². The van der Waals surface area contributed by atoms with Crippen molar-refractivity contribution in [1.82, 2.24) is 9.97 Å². The zero-order valence-electron chi connectivity index (χ0n) is 8.90. The smallest absolute Gasteiger partial charge is 0.143 e. The molecule has 0 spiro atoms. The van der Waals surface area contributed by atoms with Gasteiger partial charge in [0.2, 0.25) is 0 Å². The third-order valence-electron chi connectivity index (χ3n) is 2.95. The summed E-state index contributed by atoms with van der Waals surface area (Å²) in [6.45, 7) is 3.48. The second kappa shape index (κ2) is 4.57. The maximum atomic E-state index is 12.0. The van der Waals surface area contributed by atoms with Crippen LogP contribution in [-0.2, 0) is 16.0 Å². The maximum absolute atomic E-state index is 12.0. The second-order valence-corrected chi connectivity index (χ2v) is 4.13. The monoisotopic (exact) mass is 208 g/mol. The number of ether oxygens (including phenoxy) is 1. The number of rotatable bonds is 3. The fourth-order valence-electron chi connectivity index (χ4n) is 2.05. The summed E-state index contributed by atoms with van der Waals surface area (Å²) in [5, 5.41) is 0. The molecule has 2 atom stereocenters. The minimum absolute atomic E-state index is 0.142. The van der Waals surface area contributed by atoms with E-state index in [-0.39, 0.29) is 11.7 Å². The molecule has 1 fully saturated rings. The van der Waals surface area contributed by atoms with Gasteiger partial charge in [0, 0.05) is 31.5 Å². The molecule has 0 amide bonds. The minimum Gasteiger partial charge on any atom is -0.381 e. The normalized spacial score (nSPS) is 26.5. The second-order valence-electron chi connectivity index (χ2n) is 4.13. The molecule has 0 saturated carbocycles. The van der Waals surface area contributed by atoms with E-state index in [9.17, 15) is 4.79 Å². The van der Waals surface area contributed by atoms with Gasteiger partial charge >= 0.3 is 0 Å². The van der Waals surface area contributed by atoms with Gasteiger partial charge in [0.15, 0.2) is 0 Å². The summed E-state index contributed by atoms with van der Waals surface area (Å²) in [7, 11) is 0. The number of nitrogens with one attached hydrogen (secondary N) is 1. The molecule has 1 aliphatic heterocycles. The fourth-order valence-corrected chi connectivity index (χ4v) is 2.05. The first-order valence-corrected chi connectivity index (χ1v) is 5.36. The molecule has 4 nitrogen and oxygen atoms in total. The molecule has 1 aromatic heterocycles. The molecule has 2 heterocycles. The van der Waals surface area contributed by atoms with Crippen molar-refractivity contribution < 1.29 is 9.53 Å². The van der Waals surface area contributed by atoms with Crippen LogP contribution in [0.15, 0.2) is 12.4 Å². The summed E-state index contributed by atoms with van der Waals surface area (Å²) in [5.74, 6) is 1.52. The van der Waals surface area contributed by atoms with Gasteiger partial charge in [0.25, 0.3) is 0 Å². The number of H-pyrrole nitrogens is 1. The van der Waals surface area contributed by atoms with E-state index in [1.807, 2.05) is 0 Å². The summed E-state index contributed by atoms with van der Waals surface area (Å²) in [6, 6.07) is 0. The van der Waals surface area contributed by atoms with Crippen LogP contribution in [0.3, 0.4) is 0 Å². The van der Waals surface area contributed by atoms with Crippen molar-refractivity contribution in [1.29, 1.82) is 0 Å². The Bertz CT molecular complexity index is 321. The average Bonchev–Trinajstić information content (AvgIpc) is 2.71. The quantitative estimate of drug-likeness (QED) is 0.811. The Labute approximate surface area is 89.0 Å². The van der Waals surface area contributed by atoms with Crippen LogP contribution in [0.4, 0.5) is 0 Å². The van der Waals surface area contributed by atoms with Crippen molar-refractivity contribution in [3.8, 4) is 0 Å². The molecule has 4 heteroatoms. The number of ketones is 1. The lowest BCUT2D eigenvalue weighted by Gasteiger charge is -2.27. The molecule has 0 bridgehead atoms. The summed E-state index contributed by atoms with van der Waals surface area (Å²) >= 11 is 0. The van der Waals surface area contributed by atoms with Gasteiger partial charge in [0.1, 0.15) is 11.6 Å². The van der Waals surface area contributed by atoms with Gasteiger partial charge in [0.05, 0.1) is 6.42 Å². The lowest BCUT2D eigenvalue weighted by Crippen LogP contribution is -2.32. The number of aromatic amines is 1. The third-order valence-corrected chi connectivity index (χ3v) is 2.95. The van der Waals surface area contributed by atoms with Crippen LogP contribution in [-0.4, -0.2) is 29.0 Å². The van der Waals surface area contributed by atoms with Crippen LogP contribution >= 0.6 is 0 Å². The van der Waals surface area contributed by atoms with Gasteiger partial charge in [-0.3, -0.25) is 4.79 Å². The molecule has 2 rings (SSSR count). The molecule has 0 aromatic carbocycles. The standard InChI is InChI=1S/C11H16N2O2/c1-8-7-15-5-2-9(8)10(14)6-11-12-3-4-13-11/h3-4,8-9H,2,5-7H2,1H3,(H,12,13). The zero-order chi connectivity index (χ0) is 10.7. The zero-order valence-corrected chi connectivity index (χ0v) is 8.90. The summed E-state index contributed by atoms with van der Waals surface area (Å²) in [5.41, 5.74) is 0. The Kier molecular flexibility index (Phi) is 3.16. The van der Waals surface area contributed by atoms with Crippen molar-refractivity contribution in [2.45, 2.75) is 19.8 Å². The Morgan fingerprint density at radius 2 is 2.60 bits per heavy atom. The number of Topliss-reactive ketones (excluding diaryl/α,β-unsaturated/α-hetero) is 1. The average molecular weight is 208 g/mol. The van der Waals surface area contributed by atoms with Crippen LogP contribution < -0.4 is 0 Å². The number of nitrogens with zero attached hydrogens (tertiary/aromatic N) is 1. The van der Waals surface area contributed by atoms with Crippen LogP contribution in [0.2, 0.25) is 0 Å². The molecule has 1 saturated heterocycles. The highest BCUT2D eigenvalue weighted by Crippen LogP contribution is 2.23. The molecule has 0 aliphatic carbocycles. The number of carbonyl (C=O) groups excluding carboxylic acids is 1. The fraction of sp³-hybridized carbons (Fsp3) is 0.636. The molecule has 2 unspecified atom stereocenters. The highest BCUT2D eigenvalue weighted by Gasteiger charge is 2.28. The van der Waals surface area contributed by atoms with E-state index in [0.29, 0.717) is 25.6 Å². The van der Waals surface area contributed by atoms with Gasteiger partial charge in [-0.05, 0) is 12.3 Å². The highest BCUT2D eigenvalue weighted by atomic mass is 16.5. The predicted molar refractivity (Wildman–Crippen MR) is 55.4 cm³/mol. The predicted octanol–water partition coefficient (Wildman–Crippen LogP) is 1.19. The van der Waals surface area contributed by atoms with Gasteiger partial charge in [-0.1, -0.05) is 6.92 Å². The first-order chi connectivity index (χ1) is 7.27. The van der Waals surface area contributed by atoms with E-state index >= 15 is 0 Å². The number of hydrogen-bond donors (Lipinski definition) is 1. The molecule has 82 valence electrons. The molecular formula is C11H16N2O2. The van der Waals surface area contributed by atoms with Crippen molar-refractivity contribution in [2.75, 3.05) is 13.2 Å². The Morgan fingerprint density at radius 1 is 1.73 bits per heavy atom. The molecule has 15 heavy (non-hydrogen) atoms. The van der Waals surface area contributed by atoms with E-state index in [2.05, 4.69) is 16.9 Å². The molecule has 0 radical (unpaired) electrons. The number of aromatic nitrogens is 2. The van der Waals surface area contributed by atoms with Crippen molar-refractivity contribution in [3.63, 3.8) is 0 Å². The molecule has 1 aliphatic rings. The number of hydrogen-bond acceptors (Lipinski definition) is 3. The van der Waals surface area contributed by atoms with Crippen molar-refractivity contribution in [2.24, 2.45) is 11.8 Å². The van der Waals surface area contributed by atoms with Crippen LogP contribution in [0.25, 0.3) is 0 Å². The lowest BCUT2D eigenvalue weighted by molar-refractivity contribution is -0.127. The molecule has 1 aromatic rings. The minimum atomic E-state index is 0.142. The number of imidazole rings is 1. The van der Waals surface area contributed by atoms with Gasteiger partial charge in [-0.25, -0.2) is 4.98 Å². The first kappa shape index (κ1) is 10.4. The van der Waals surface area contributed by atoms with E-state index < -0.39 is 0 Å². The van der Waals surface area contributed by atoms with Crippen LogP contribution in [0, 0.1) is 11.8 Å². The Morgan fingerprint density at radius 3 is 3.27 bits per heavy atom. The summed E-state index contributed by atoms with van der Waals surface area (Å²) < 4.78 is 5.32. The number of carbonyl (C=O) groups is 1. The topological polar surface area (TPSA) is 55.0 Å². The summed E-state index contributed by atoms with van der Waals surface area (Å²) in [4.78, 5) is 19.0. The van der Waals surface area contributed by atoms with Gasteiger partial charge in [-0.2, -0.15) is 0 Å². The largest absolute Gasteiger partial charge is 0.381 e. The first-order valence-electron chi connectivity index (χ1n) is 5.36. The van der Waals surface area contributed by atoms with Gasteiger partial charge in [-0.15, -0.1) is 0 Å². The van der Waals surface area contributed by atoms with Gasteiger partial charge < -0.3 is 9.72 Å². The Hall–Kier alpha value is -1.16. The molecular weight excluding hydrogens is 192 g/mol. The Balaban J connectivity index is 1.95. The van der Waals surface area contributed by atoms with Crippen LogP contribution in [0.5, 0.6) is 0 Å². The van der Waals surface area contributed by atoms with E-state index in [0.717, 1.165) is 12.2 Å². The van der Waals surface area contributed by atoms with Crippen LogP contribution in [0.1, 0.15) is 19.2 Å². The van der Waals surface area contributed by atoms with E-state index in [4.69, 9.17) is 4.74 Å². The van der Waals surface area contributed by atoms with E-state index in [1.165, 1.54) is 0 Å². The summed E-state index contributed by atoms with van der Waals surface area (Å²) in [6.07, 6.45) is 4.69. The SMILES string of the molecule is CC1COCCC1C(=O)Cc1ncc[nH]1. The maximum Gasteiger partial charge on any atom is 0.143 e. The third kappa shape index (κ3) is 2.45. The highest BCUT2D eigenvalue weighted by molar-refractivity contribution is 5.82. The lowest BCUT2D eigenvalue weighted by atomic mass is 9.85. The molecule has 1 N–H and O–H groups in total. The van der Waals surface area contributed by atoms with Crippen molar-refractivity contribution >= 4 is 5.78 Å².